The Labute approximate surface area is 114 Å². The molecule has 3 aromatic rings. The highest BCUT2D eigenvalue weighted by molar-refractivity contribution is 6.10. The maximum Gasteiger partial charge on any atom is -0.00998 e. The van der Waals surface area contributed by atoms with Gasteiger partial charge in [0.05, 0.1) is 0 Å². The molecule has 0 radical (unpaired) electrons. The Morgan fingerprint density at radius 2 is 1.68 bits per heavy atom. The molecule has 0 unspecified atom stereocenters. The van der Waals surface area contributed by atoms with Crippen molar-refractivity contribution in [3.8, 4) is 0 Å². The highest BCUT2D eigenvalue weighted by atomic mass is 14.2. The zero-order chi connectivity index (χ0) is 12.8. The Kier molecular flexibility index (Phi) is 2.38. The summed E-state index contributed by atoms with van der Waals surface area (Å²) in [5.74, 6) is 0. The summed E-state index contributed by atoms with van der Waals surface area (Å²) in [5, 5.41) is 5.73. The van der Waals surface area contributed by atoms with Crippen LogP contribution in [0.25, 0.3) is 21.5 Å². The average Bonchev–Trinajstić information content (AvgIpc) is 2.46. The number of aryl methyl sites for hydroxylation is 3. The van der Waals surface area contributed by atoms with Crippen LogP contribution in [-0.4, -0.2) is 0 Å². The highest BCUT2D eigenvalue weighted by Crippen LogP contribution is 2.35. The van der Waals surface area contributed by atoms with Crippen LogP contribution in [0, 0.1) is 6.92 Å². The highest BCUT2D eigenvalue weighted by Gasteiger charge is 2.15. The summed E-state index contributed by atoms with van der Waals surface area (Å²) in [6.07, 6.45) is 5.22. The Bertz CT molecular complexity index is 781. The lowest BCUT2D eigenvalue weighted by Gasteiger charge is -2.20. The zero-order valence-electron chi connectivity index (χ0n) is 11.4. The number of rotatable bonds is 0. The first-order chi connectivity index (χ1) is 9.34. The standard InChI is InChI=1S/C19H18/c1-13-12-15-7-3-4-8-16(15)18-11-10-14-6-2-5-9-17(14)19(13)18/h3-4,7-8,10-12H,2,5-6,9H2,1H3. The summed E-state index contributed by atoms with van der Waals surface area (Å²) in [5.41, 5.74) is 4.64. The molecule has 0 saturated heterocycles. The molecular weight excluding hydrogens is 228 g/mol. The predicted octanol–water partition coefficient (Wildman–Crippen LogP) is 5.18. The number of hydrogen-bond donors (Lipinski definition) is 0. The van der Waals surface area contributed by atoms with E-state index in [-0.39, 0.29) is 0 Å². The fourth-order valence-corrected chi connectivity index (χ4v) is 3.68. The van der Waals surface area contributed by atoms with Crippen LogP contribution < -0.4 is 0 Å². The Morgan fingerprint density at radius 1 is 0.842 bits per heavy atom. The van der Waals surface area contributed by atoms with E-state index in [1.54, 1.807) is 11.1 Å². The fourth-order valence-electron chi connectivity index (χ4n) is 3.68. The third kappa shape index (κ3) is 1.59. The van der Waals surface area contributed by atoms with Crippen LogP contribution in [0.2, 0.25) is 0 Å². The summed E-state index contributed by atoms with van der Waals surface area (Å²) in [4.78, 5) is 0. The molecule has 0 atom stereocenters. The molecule has 1 aliphatic carbocycles. The van der Waals surface area contributed by atoms with Crippen molar-refractivity contribution >= 4 is 21.5 Å². The lowest BCUT2D eigenvalue weighted by molar-refractivity contribution is 0.690. The Hall–Kier alpha value is -1.82. The molecule has 0 N–H and O–H groups in total. The molecule has 94 valence electrons. The molecule has 0 nitrogen and oxygen atoms in total. The van der Waals surface area contributed by atoms with Crippen molar-refractivity contribution in [1.29, 1.82) is 0 Å². The largest absolute Gasteiger partial charge is 0.0616 e. The van der Waals surface area contributed by atoms with E-state index < -0.39 is 0 Å². The van der Waals surface area contributed by atoms with Crippen LogP contribution in [-0.2, 0) is 12.8 Å². The first-order valence-electron chi connectivity index (χ1n) is 7.27. The zero-order valence-corrected chi connectivity index (χ0v) is 11.4. The van der Waals surface area contributed by atoms with Gasteiger partial charge in [0, 0.05) is 0 Å². The van der Waals surface area contributed by atoms with E-state index in [0.717, 1.165) is 0 Å². The van der Waals surface area contributed by atoms with Crippen LogP contribution in [0.5, 0.6) is 0 Å². The minimum Gasteiger partial charge on any atom is -0.0616 e. The molecule has 0 aliphatic heterocycles. The molecule has 0 heteroatoms. The molecule has 19 heavy (non-hydrogen) atoms. The van der Waals surface area contributed by atoms with Gasteiger partial charge in [-0.25, -0.2) is 0 Å². The molecule has 1 aliphatic rings. The van der Waals surface area contributed by atoms with E-state index in [4.69, 9.17) is 0 Å². The first kappa shape index (κ1) is 11.0. The van der Waals surface area contributed by atoms with E-state index in [1.165, 1.54) is 52.8 Å². The smallest absolute Gasteiger partial charge is 0.00998 e. The van der Waals surface area contributed by atoms with Gasteiger partial charge in [0.2, 0.25) is 0 Å². The van der Waals surface area contributed by atoms with E-state index in [9.17, 15) is 0 Å². The van der Waals surface area contributed by atoms with Gasteiger partial charge in [0.15, 0.2) is 0 Å². The third-order valence-corrected chi connectivity index (χ3v) is 4.55. The van der Waals surface area contributed by atoms with E-state index in [0.29, 0.717) is 0 Å². The van der Waals surface area contributed by atoms with Crippen molar-refractivity contribution in [2.24, 2.45) is 0 Å². The van der Waals surface area contributed by atoms with Crippen LogP contribution in [0.1, 0.15) is 29.5 Å². The van der Waals surface area contributed by atoms with E-state index in [2.05, 4.69) is 49.4 Å². The van der Waals surface area contributed by atoms with E-state index in [1.807, 2.05) is 0 Å². The number of hydrogen-bond acceptors (Lipinski definition) is 0. The second-order valence-corrected chi connectivity index (χ2v) is 5.75. The lowest BCUT2D eigenvalue weighted by Crippen LogP contribution is -2.04. The molecule has 4 rings (SSSR count). The Morgan fingerprint density at radius 3 is 2.63 bits per heavy atom. The number of fused-ring (bicyclic) bond motifs is 5. The minimum atomic E-state index is 1.26. The predicted molar refractivity (Wildman–Crippen MR) is 82.8 cm³/mol. The molecule has 0 spiro atoms. The molecule has 0 bridgehead atoms. The summed E-state index contributed by atoms with van der Waals surface area (Å²) >= 11 is 0. The molecule has 0 aromatic heterocycles. The van der Waals surface area contributed by atoms with Gasteiger partial charge in [-0.2, -0.15) is 0 Å². The lowest BCUT2D eigenvalue weighted by atomic mass is 9.85. The quantitative estimate of drug-likeness (QED) is 0.479. The maximum absolute atomic E-state index is 2.36. The SMILES string of the molecule is Cc1cc2ccccc2c2ccc3c(c12)CCCC3. The molecular formula is C19H18. The normalized spacial score (nSPS) is 14.8. The molecule has 0 heterocycles. The van der Waals surface area contributed by atoms with Gasteiger partial charge in [-0.15, -0.1) is 0 Å². The fraction of sp³-hybridized carbons (Fsp3) is 0.263. The van der Waals surface area contributed by atoms with Gasteiger partial charge in [-0.1, -0.05) is 42.5 Å². The molecule has 0 saturated carbocycles. The van der Waals surface area contributed by atoms with Crippen molar-refractivity contribution in [3.63, 3.8) is 0 Å². The van der Waals surface area contributed by atoms with Gasteiger partial charge in [0.25, 0.3) is 0 Å². The van der Waals surface area contributed by atoms with E-state index >= 15 is 0 Å². The van der Waals surface area contributed by atoms with Gasteiger partial charge in [0.1, 0.15) is 0 Å². The maximum atomic E-state index is 2.36. The van der Waals surface area contributed by atoms with Crippen LogP contribution in [0.4, 0.5) is 0 Å². The second-order valence-electron chi connectivity index (χ2n) is 5.75. The third-order valence-electron chi connectivity index (χ3n) is 4.55. The summed E-state index contributed by atoms with van der Waals surface area (Å²) in [6, 6.07) is 15.8. The van der Waals surface area contributed by atoms with Gasteiger partial charge in [-0.05, 0) is 70.8 Å². The molecule has 0 amide bonds. The van der Waals surface area contributed by atoms with Crippen molar-refractivity contribution in [2.45, 2.75) is 32.6 Å². The van der Waals surface area contributed by atoms with Gasteiger partial charge >= 0.3 is 0 Å². The van der Waals surface area contributed by atoms with Crippen LogP contribution in [0.15, 0.2) is 42.5 Å². The molecule has 0 fully saturated rings. The topological polar surface area (TPSA) is 0 Å². The van der Waals surface area contributed by atoms with Crippen molar-refractivity contribution in [2.75, 3.05) is 0 Å². The summed E-state index contributed by atoms with van der Waals surface area (Å²) in [6.45, 7) is 2.27. The first-order valence-corrected chi connectivity index (χ1v) is 7.27. The molecule has 3 aromatic carbocycles. The number of benzene rings is 3. The summed E-state index contributed by atoms with van der Waals surface area (Å²) in [7, 11) is 0. The van der Waals surface area contributed by atoms with Gasteiger partial charge < -0.3 is 0 Å². The van der Waals surface area contributed by atoms with Gasteiger partial charge in [-0.3, -0.25) is 0 Å². The average molecular weight is 246 g/mol. The summed E-state index contributed by atoms with van der Waals surface area (Å²) < 4.78 is 0. The van der Waals surface area contributed by atoms with Crippen molar-refractivity contribution in [1.82, 2.24) is 0 Å². The van der Waals surface area contributed by atoms with Crippen LogP contribution >= 0.6 is 0 Å². The monoisotopic (exact) mass is 246 g/mol. The second kappa shape index (κ2) is 4.09. The van der Waals surface area contributed by atoms with Crippen molar-refractivity contribution in [3.05, 3.63) is 59.2 Å². The van der Waals surface area contributed by atoms with Crippen molar-refractivity contribution < 1.29 is 0 Å². The minimum absolute atomic E-state index is 1.26. The Balaban J connectivity index is 2.20. The van der Waals surface area contributed by atoms with Crippen LogP contribution in [0.3, 0.4) is 0 Å².